The molecule has 0 aliphatic heterocycles. The van der Waals surface area contributed by atoms with Crippen LogP contribution in [0.15, 0.2) is 0 Å². The predicted molar refractivity (Wildman–Crippen MR) is 212 cm³/mol. The minimum atomic E-state index is 0.509. The van der Waals surface area contributed by atoms with Crippen molar-refractivity contribution >= 4 is 0 Å². The van der Waals surface area contributed by atoms with Gasteiger partial charge in [-0.25, -0.2) is 0 Å². The molecular weight excluding hydrogens is 718 g/mol. The van der Waals surface area contributed by atoms with Crippen molar-refractivity contribution in [3.63, 3.8) is 0 Å². The lowest BCUT2D eigenvalue weighted by molar-refractivity contribution is -0.0295. The van der Waals surface area contributed by atoms with Crippen LogP contribution >= 0.6 is 0 Å². The third-order valence-electron chi connectivity index (χ3n) is 7.74. The lowest BCUT2D eigenvalue weighted by Crippen LogP contribution is -2.16. The van der Waals surface area contributed by atoms with E-state index in [1.54, 1.807) is 0 Å². The summed E-state index contributed by atoms with van der Waals surface area (Å²) in [6.45, 7) is 18.0. The van der Waals surface area contributed by atoms with Gasteiger partial charge in [0.2, 0.25) is 0 Å². The molecule has 0 aromatic heterocycles. The summed E-state index contributed by atoms with van der Waals surface area (Å²) in [5.41, 5.74) is 5.34. The highest BCUT2D eigenvalue weighted by Gasteiger charge is 1.98. The molecule has 0 aromatic carbocycles. The first-order chi connectivity index (χ1) is 27.4. The number of ether oxygens (including phenoxy) is 14. The van der Waals surface area contributed by atoms with E-state index in [0.29, 0.717) is 185 Å². The number of unbranched alkanes of at least 4 members (excludes halogenated alkanes) is 9. The van der Waals surface area contributed by atoms with Crippen LogP contribution in [0.2, 0.25) is 0 Å². The van der Waals surface area contributed by atoms with Crippen molar-refractivity contribution < 1.29 is 66.3 Å². The summed E-state index contributed by atoms with van der Waals surface area (Å²) < 4.78 is 76.7. The van der Waals surface area contributed by atoms with Crippen LogP contribution in [0.4, 0.5) is 0 Å². The largest absolute Gasteiger partial charge is 0.379 e. The van der Waals surface area contributed by atoms with E-state index in [2.05, 4.69) is 6.92 Å². The van der Waals surface area contributed by atoms with Crippen LogP contribution in [0.1, 0.15) is 71.1 Å². The van der Waals surface area contributed by atoms with E-state index in [-0.39, 0.29) is 0 Å². The molecule has 15 nitrogen and oxygen atoms in total. The Balaban J connectivity index is 3.05. The Labute approximate surface area is 334 Å². The van der Waals surface area contributed by atoms with Gasteiger partial charge in [0.05, 0.1) is 178 Å². The first kappa shape index (κ1) is 54.4. The van der Waals surface area contributed by atoms with Gasteiger partial charge in [-0.05, 0) is 6.42 Å². The fourth-order valence-corrected chi connectivity index (χ4v) is 4.74. The van der Waals surface area contributed by atoms with E-state index in [1.807, 2.05) is 0 Å². The minimum Gasteiger partial charge on any atom is -0.379 e. The van der Waals surface area contributed by atoms with Crippen LogP contribution in [-0.2, 0) is 66.3 Å². The van der Waals surface area contributed by atoms with E-state index in [4.69, 9.17) is 72.0 Å². The standard InChI is InChI=1S/C40H83NO14/c1-2-3-4-5-6-7-8-9-10-11-13-42-15-17-44-19-21-46-23-25-48-27-29-50-31-33-52-35-37-54-39-40-55-38-36-53-34-32-51-30-28-49-26-24-47-22-20-45-18-16-43-14-12-41/h2-41H2,1H3. The van der Waals surface area contributed by atoms with Crippen molar-refractivity contribution in [3.8, 4) is 0 Å². The van der Waals surface area contributed by atoms with Gasteiger partial charge < -0.3 is 72.0 Å². The highest BCUT2D eigenvalue weighted by molar-refractivity contribution is 4.48. The Bertz CT molecular complexity index is 607. The van der Waals surface area contributed by atoms with Crippen molar-refractivity contribution in [1.82, 2.24) is 0 Å². The molecule has 55 heavy (non-hydrogen) atoms. The van der Waals surface area contributed by atoms with Crippen LogP contribution in [0.5, 0.6) is 0 Å². The van der Waals surface area contributed by atoms with Gasteiger partial charge in [-0.3, -0.25) is 0 Å². The smallest absolute Gasteiger partial charge is 0.0701 e. The van der Waals surface area contributed by atoms with Crippen LogP contribution in [0, 0.1) is 0 Å². The SMILES string of the molecule is CCCCCCCCCCCCOCCOCCOCCOCCOCCOCCOCCOCCOCCOCCOCCOCCOCCOCCN. The van der Waals surface area contributed by atoms with E-state index >= 15 is 0 Å². The summed E-state index contributed by atoms with van der Waals surface area (Å²) in [7, 11) is 0. The average Bonchev–Trinajstić information content (AvgIpc) is 3.20. The Morgan fingerprint density at radius 2 is 0.364 bits per heavy atom. The maximum atomic E-state index is 5.65. The summed E-state index contributed by atoms with van der Waals surface area (Å²) in [5.74, 6) is 0. The monoisotopic (exact) mass is 802 g/mol. The molecular formula is C40H83NO14. The van der Waals surface area contributed by atoms with Gasteiger partial charge in [-0.2, -0.15) is 0 Å². The van der Waals surface area contributed by atoms with Gasteiger partial charge in [-0.1, -0.05) is 64.7 Å². The molecule has 0 aliphatic rings. The molecule has 332 valence electrons. The van der Waals surface area contributed by atoms with Crippen molar-refractivity contribution in [2.45, 2.75) is 71.1 Å². The second-order valence-corrected chi connectivity index (χ2v) is 12.5. The van der Waals surface area contributed by atoms with Crippen LogP contribution < -0.4 is 5.73 Å². The second kappa shape index (κ2) is 53.4. The molecule has 0 amide bonds. The van der Waals surface area contributed by atoms with E-state index in [1.165, 1.54) is 57.8 Å². The summed E-state index contributed by atoms with van der Waals surface area (Å²) in [4.78, 5) is 0. The molecule has 0 saturated carbocycles. The van der Waals surface area contributed by atoms with Crippen molar-refractivity contribution in [3.05, 3.63) is 0 Å². The second-order valence-electron chi connectivity index (χ2n) is 12.5. The zero-order valence-corrected chi connectivity index (χ0v) is 34.9. The molecule has 0 fully saturated rings. The fourth-order valence-electron chi connectivity index (χ4n) is 4.74. The van der Waals surface area contributed by atoms with Gasteiger partial charge in [0.1, 0.15) is 0 Å². The number of nitrogens with two attached hydrogens (primary N) is 1. The molecule has 15 heteroatoms. The summed E-state index contributed by atoms with van der Waals surface area (Å²) in [6.07, 6.45) is 13.4. The van der Waals surface area contributed by atoms with Crippen LogP contribution in [0.25, 0.3) is 0 Å². The van der Waals surface area contributed by atoms with Gasteiger partial charge in [0, 0.05) is 13.2 Å². The Kier molecular flexibility index (Phi) is 52.8. The molecule has 0 aliphatic carbocycles. The number of hydrogen-bond donors (Lipinski definition) is 1. The van der Waals surface area contributed by atoms with Gasteiger partial charge in [0.15, 0.2) is 0 Å². The van der Waals surface area contributed by atoms with E-state index in [9.17, 15) is 0 Å². The fraction of sp³-hybridized carbons (Fsp3) is 1.00. The average molecular weight is 802 g/mol. The van der Waals surface area contributed by atoms with E-state index in [0.717, 1.165) is 13.0 Å². The third-order valence-corrected chi connectivity index (χ3v) is 7.74. The number of hydrogen-bond acceptors (Lipinski definition) is 15. The first-order valence-corrected chi connectivity index (χ1v) is 21.2. The summed E-state index contributed by atoms with van der Waals surface area (Å²) in [6, 6.07) is 0. The topological polar surface area (TPSA) is 155 Å². The maximum Gasteiger partial charge on any atom is 0.0701 e. The molecule has 0 bridgehead atoms. The quantitative estimate of drug-likeness (QED) is 0.0878. The van der Waals surface area contributed by atoms with Crippen LogP contribution in [0.3, 0.4) is 0 Å². The molecule has 0 heterocycles. The Morgan fingerprint density at radius 3 is 0.564 bits per heavy atom. The molecule has 0 rings (SSSR count). The van der Waals surface area contributed by atoms with Gasteiger partial charge >= 0.3 is 0 Å². The lowest BCUT2D eigenvalue weighted by Gasteiger charge is -2.09. The Hall–Kier alpha value is -0.600. The highest BCUT2D eigenvalue weighted by Crippen LogP contribution is 2.10. The molecule has 0 spiro atoms. The van der Waals surface area contributed by atoms with E-state index < -0.39 is 0 Å². The molecule has 0 saturated heterocycles. The molecule has 0 unspecified atom stereocenters. The first-order valence-electron chi connectivity index (χ1n) is 21.2. The Morgan fingerprint density at radius 1 is 0.200 bits per heavy atom. The molecule has 2 N–H and O–H groups in total. The normalized spacial score (nSPS) is 11.7. The van der Waals surface area contributed by atoms with Gasteiger partial charge in [0.25, 0.3) is 0 Å². The zero-order chi connectivity index (χ0) is 39.5. The third kappa shape index (κ3) is 53.4. The van der Waals surface area contributed by atoms with Gasteiger partial charge in [-0.15, -0.1) is 0 Å². The van der Waals surface area contributed by atoms with Crippen LogP contribution in [-0.4, -0.2) is 192 Å². The van der Waals surface area contributed by atoms with Crippen molar-refractivity contribution in [1.29, 1.82) is 0 Å². The maximum absolute atomic E-state index is 5.65. The lowest BCUT2D eigenvalue weighted by atomic mass is 10.1. The summed E-state index contributed by atoms with van der Waals surface area (Å²) in [5, 5.41) is 0. The number of rotatable bonds is 52. The predicted octanol–water partition coefficient (Wildman–Crippen LogP) is 4.10. The van der Waals surface area contributed by atoms with Crippen molar-refractivity contribution in [2.24, 2.45) is 5.73 Å². The molecule has 0 atom stereocenters. The molecule has 0 aromatic rings. The van der Waals surface area contributed by atoms with Crippen molar-refractivity contribution in [2.75, 3.05) is 192 Å². The molecule has 0 radical (unpaired) electrons. The minimum absolute atomic E-state index is 0.509. The highest BCUT2D eigenvalue weighted by atomic mass is 16.6. The zero-order valence-electron chi connectivity index (χ0n) is 34.9. The summed E-state index contributed by atoms with van der Waals surface area (Å²) >= 11 is 0.